The number of nitrogens with one attached hydrogen (secondary N) is 2. The van der Waals surface area contributed by atoms with Crippen molar-refractivity contribution in [2.45, 2.75) is 0 Å². The lowest BCUT2D eigenvalue weighted by molar-refractivity contribution is -0.365. The highest BCUT2D eigenvalue weighted by Crippen LogP contribution is 2.08. The Kier molecular flexibility index (Phi) is 23.0. The fraction of sp³-hybridized carbons (Fsp3) is 0. The zero-order chi connectivity index (χ0) is 31.9. The van der Waals surface area contributed by atoms with Gasteiger partial charge in [-0.2, -0.15) is 0 Å². The number of aromatic nitrogens is 4. The van der Waals surface area contributed by atoms with Crippen LogP contribution in [0.2, 0.25) is 0 Å². The Labute approximate surface area is 246 Å². The summed E-state index contributed by atoms with van der Waals surface area (Å²) in [6.07, 6.45) is 7.36. The lowest BCUT2D eigenvalue weighted by Crippen LogP contribution is -2.42. The molecule has 18 nitrogen and oxygen atoms in total. The van der Waals surface area contributed by atoms with Crippen molar-refractivity contribution in [2.75, 3.05) is 0 Å². The van der Waals surface area contributed by atoms with Gasteiger partial charge >= 0.3 is 23.9 Å². The number of carboxylic acids is 6. The molecule has 0 amide bonds. The number of hydrogen-bond acceptors (Lipinski definition) is 10. The number of aliphatic carboxylic acids is 6. The van der Waals surface area contributed by atoms with Gasteiger partial charge in [0.1, 0.15) is 11.4 Å². The van der Waals surface area contributed by atoms with E-state index >= 15 is 0 Å². The largest absolute Gasteiger partial charge is 0.543 e. The molecule has 0 aromatic carbocycles. The Bertz CT molecular complexity index is 1180. The average molecular weight is 619 g/mol. The lowest BCUT2D eigenvalue weighted by Gasteiger charge is -1.97. The Hall–Kier alpha value is -6.66. The summed E-state index contributed by atoms with van der Waals surface area (Å²) in [5, 5.41) is 47.4. The second-order valence-electron chi connectivity index (χ2n) is 6.78. The number of rotatable bonds is 2. The van der Waals surface area contributed by atoms with Gasteiger partial charge in [-0.1, -0.05) is 12.1 Å². The van der Waals surface area contributed by atoms with Crippen molar-refractivity contribution >= 4 is 35.8 Å². The van der Waals surface area contributed by atoms with Crippen molar-refractivity contribution in [2.24, 2.45) is 0 Å². The predicted molar refractivity (Wildman–Crippen MR) is 140 cm³/mol. The monoisotopic (exact) mass is 618 g/mol. The van der Waals surface area contributed by atoms with Gasteiger partial charge in [-0.15, -0.1) is 0 Å². The summed E-state index contributed by atoms with van der Waals surface area (Å²) in [4.78, 5) is 68.9. The molecule has 0 aliphatic carbocycles. The van der Waals surface area contributed by atoms with Crippen LogP contribution in [0.15, 0.2) is 97.6 Å². The fourth-order valence-electron chi connectivity index (χ4n) is 2.15. The van der Waals surface area contributed by atoms with Crippen LogP contribution in [0.4, 0.5) is 0 Å². The second-order valence-corrected chi connectivity index (χ2v) is 6.78. The first-order valence-corrected chi connectivity index (χ1v) is 11.0. The van der Waals surface area contributed by atoms with Gasteiger partial charge in [-0.3, -0.25) is 0 Å². The molecule has 4 heterocycles. The van der Waals surface area contributed by atoms with E-state index in [2.05, 4.69) is 19.9 Å². The molecule has 44 heavy (non-hydrogen) atoms. The van der Waals surface area contributed by atoms with E-state index in [0.29, 0.717) is 0 Å². The van der Waals surface area contributed by atoms with Crippen LogP contribution in [-0.2, 0) is 28.8 Å². The predicted octanol–water partition coefficient (Wildman–Crippen LogP) is -3.73. The maximum absolute atomic E-state index is 9.10. The molecule has 0 spiro atoms. The maximum atomic E-state index is 9.10. The summed E-state index contributed by atoms with van der Waals surface area (Å²) in [6.45, 7) is 0. The number of hydrogen-bond donors (Lipinski definition) is 4. The van der Waals surface area contributed by atoms with Crippen LogP contribution in [0.5, 0.6) is 0 Å². The number of carboxylic acid groups (broad SMARTS) is 6. The average Bonchev–Trinajstić information content (AvgIpc) is 3.00. The van der Waals surface area contributed by atoms with Crippen molar-refractivity contribution in [1.82, 2.24) is 9.97 Å². The minimum Gasteiger partial charge on any atom is -0.543 e. The van der Waals surface area contributed by atoms with Crippen molar-refractivity contribution in [3.8, 4) is 22.8 Å². The molecule has 234 valence electrons. The highest BCUT2D eigenvalue weighted by Gasteiger charge is 2.05. The van der Waals surface area contributed by atoms with Crippen LogP contribution >= 0.6 is 0 Å². The number of carbonyl (C=O) groups excluding carboxylic acids is 2. The molecular formula is C26H26N4O14. The Morgan fingerprint density at radius 3 is 0.977 bits per heavy atom. The number of aromatic amines is 2. The Balaban J connectivity index is -0.000000495. The zero-order valence-corrected chi connectivity index (χ0v) is 22.2. The molecule has 4 aromatic rings. The van der Waals surface area contributed by atoms with E-state index in [0.717, 1.165) is 22.8 Å². The van der Waals surface area contributed by atoms with Gasteiger partial charge in [0.15, 0.2) is 12.4 Å². The minimum atomic E-state index is -2.19. The topological polar surface area (TPSA) is 347 Å². The third-order valence-electron chi connectivity index (χ3n) is 3.83. The Morgan fingerprint density at radius 2 is 0.795 bits per heavy atom. The molecule has 10 N–H and O–H groups in total. The van der Waals surface area contributed by atoms with Crippen molar-refractivity contribution < 1.29 is 80.3 Å². The third-order valence-corrected chi connectivity index (χ3v) is 3.83. The zero-order valence-electron chi connectivity index (χ0n) is 22.2. The SMILES string of the molecule is O.O.O=C(O)C(=O)O.O=C(O)C(=O)O.O=C([O-])C(=O)[O-].c1ccc(-c2cccc[nH+]2)nc1.c1ccc(-c2cccc[nH+]2)nc1. The van der Waals surface area contributed by atoms with Gasteiger partial charge in [0.2, 0.25) is 11.4 Å². The first-order valence-electron chi connectivity index (χ1n) is 11.0. The normalized spacial score (nSPS) is 8.27. The molecule has 0 saturated carbocycles. The first-order chi connectivity index (χ1) is 19.9. The highest BCUT2D eigenvalue weighted by atomic mass is 16.5. The molecule has 0 atom stereocenters. The van der Waals surface area contributed by atoms with E-state index in [1.165, 1.54) is 0 Å². The van der Waals surface area contributed by atoms with Gasteiger partial charge in [-0.05, 0) is 36.4 Å². The van der Waals surface area contributed by atoms with E-state index in [-0.39, 0.29) is 11.0 Å². The standard InChI is InChI=1S/2C10H8N2.3C2H2O4.2H2O/c2*1-3-7-11-9(5-1)10-6-2-4-8-12-10;3*3-1(4)2(5)6;;/h2*1-8H;3*(H,3,4)(H,5,6);2*1H2. The van der Waals surface area contributed by atoms with Crippen LogP contribution in [0, 0.1) is 0 Å². The third kappa shape index (κ3) is 20.3. The molecule has 0 radical (unpaired) electrons. The molecule has 0 bridgehead atoms. The summed E-state index contributed by atoms with van der Waals surface area (Å²) in [5.74, 6) is -11.7. The lowest BCUT2D eigenvalue weighted by atomic mass is 10.2. The molecular weight excluding hydrogens is 592 g/mol. The minimum absolute atomic E-state index is 0. The number of carbonyl (C=O) groups is 6. The van der Waals surface area contributed by atoms with Crippen LogP contribution in [0.3, 0.4) is 0 Å². The fourth-order valence-corrected chi connectivity index (χ4v) is 2.15. The summed E-state index contributed by atoms with van der Waals surface area (Å²) >= 11 is 0. The van der Waals surface area contributed by atoms with Crippen molar-refractivity contribution in [1.29, 1.82) is 0 Å². The van der Waals surface area contributed by atoms with Crippen LogP contribution < -0.4 is 20.2 Å². The number of H-pyrrole nitrogens is 2. The first kappa shape index (κ1) is 41.8. The summed E-state index contributed by atoms with van der Waals surface area (Å²) in [6, 6.07) is 23.6. The number of pyridine rings is 4. The van der Waals surface area contributed by atoms with Gasteiger partial charge in [0, 0.05) is 36.7 Å². The van der Waals surface area contributed by atoms with Crippen LogP contribution in [0.25, 0.3) is 22.8 Å². The van der Waals surface area contributed by atoms with E-state index < -0.39 is 35.8 Å². The van der Waals surface area contributed by atoms with Gasteiger partial charge < -0.3 is 51.2 Å². The smallest absolute Gasteiger partial charge is 0.414 e. The van der Waals surface area contributed by atoms with Gasteiger partial charge in [0.25, 0.3) is 0 Å². The van der Waals surface area contributed by atoms with E-state index in [9.17, 15) is 0 Å². The molecule has 4 rings (SSSR count). The van der Waals surface area contributed by atoms with Crippen LogP contribution in [-0.4, -0.2) is 77.2 Å². The quantitative estimate of drug-likeness (QED) is 0.157. The molecule has 0 aliphatic rings. The summed E-state index contributed by atoms with van der Waals surface area (Å²) < 4.78 is 0. The van der Waals surface area contributed by atoms with E-state index in [4.69, 9.17) is 59.4 Å². The molecule has 0 unspecified atom stereocenters. The van der Waals surface area contributed by atoms with E-state index in [1.807, 2.05) is 85.2 Å². The molecule has 18 heteroatoms. The maximum Gasteiger partial charge on any atom is 0.414 e. The second kappa shape index (κ2) is 24.2. The highest BCUT2D eigenvalue weighted by molar-refractivity contribution is 6.28. The Morgan fingerprint density at radius 1 is 0.500 bits per heavy atom. The molecule has 0 saturated heterocycles. The van der Waals surface area contributed by atoms with Crippen molar-refractivity contribution in [3.05, 3.63) is 97.6 Å². The molecule has 4 aromatic heterocycles. The summed E-state index contributed by atoms with van der Waals surface area (Å²) in [5.41, 5.74) is 4.02. The number of nitrogens with zero attached hydrogens (tertiary/aromatic N) is 2. The van der Waals surface area contributed by atoms with E-state index in [1.54, 1.807) is 12.4 Å². The molecule has 0 fully saturated rings. The van der Waals surface area contributed by atoms with Gasteiger partial charge in [0.05, 0.1) is 11.9 Å². The van der Waals surface area contributed by atoms with Crippen molar-refractivity contribution in [3.63, 3.8) is 0 Å². The molecule has 0 aliphatic heterocycles. The van der Waals surface area contributed by atoms with Crippen LogP contribution in [0.1, 0.15) is 0 Å². The van der Waals surface area contributed by atoms with Gasteiger partial charge in [-0.25, -0.2) is 39.1 Å². The summed E-state index contributed by atoms with van der Waals surface area (Å²) in [7, 11) is 0.